The first-order chi connectivity index (χ1) is 25.3. The summed E-state index contributed by atoms with van der Waals surface area (Å²) in [4.78, 5) is 38.5. The van der Waals surface area contributed by atoms with Crippen molar-refractivity contribution < 1.29 is 24.2 Å². The first-order valence-corrected chi connectivity index (χ1v) is 21.4. The van der Waals surface area contributed by atoms with Gasteiger partial charge in [-0.2, -0.15) is 0 Å². The SMILES string of the molecule is CC(C)C1=C2C(C=CC(=O)NC(C)c3cccc(Cl)c3)(CC1)CCC1(C)C2(N)CCC2(C)C3(C)CCC(OC(=O)CC(C)(C)C(=O)O)C(C)(C)C3CCC12C. The predicted molar refractivity (Wildman–Crippen MR) is 220 cm³/mol. The third kappa shape index (κ3) is 6.17. The Bertz CT molecular complexity index is 1800. The zero-order valence-corrected chi connectivity index (χ0v) is 36.3. The molecule has 0 bridgehead atoms. The molecule has 9 unspecified atom stereocenters. The van der Waals surface area contributed by atoms with Gasteiger partial charge in [-0.15, -0.1) is 0 Å². The molecule has 0 spiro atoms. The van der Waals surface area contributed by atoms with Crippen LogP contribution in [0.3, 0.4) is 0 Å². The standard InChI is InChI=1S/C47H69ClN2O5/c1-29(2)33-15-21-46(22-18-36(51)50-30(3)31-13-12-14-32(48)27-31)25-23-45(11)44(10)20-16-34-41(6,7)35(55-37(52)28-40(4,5)39(53)54)17-19-42(34,8)43(44,9)24-26-47(45,49)38(33)46/h12-14,18,22,27,29-30,34-35H,15-17,19-21,23-26,28,49H2,1-11H3,(H,50,51)(H,53,54). The number of carbonyl (C=O) groups excluding carboxylic acids is 2. The molecule has 0 saturated heterocycles. The molecule has 1 amide bonds. The van der Waals surface area contributed by atoms with Gasteiger partial charge >= 0.3 is 11.9 Å². The van der Waals surface area contributed by atoms with E-state index in [1.807, 2.05) is 31.2 Å². The van der Waals surface area contributed by atoms with E-state index in [9.17, 15) is 19.5 Å². The Hall–Kier alpha value is -2.64. The zero-order valence-electron chi connectivity index (χ0n) is 35.6. The zero-order chi connectivity index (χ0) is 40.8. The van der Waals surface area contributed by atoms with E-state index < -0.39 is 22.9 Å². The number of amides is 1. The Labute approximate surface area is 336 Å². The van der Waals surface area contributed by atoms with Gasteiger partial charge in [-0.25, -0.2) is 0 Å². The molecule has 5 aliphatic carbocycles. The third-order valence-electron chi connectivity index (χ3n) is 17.6. The van der Waals surface area contributed by atoms with Crippen LogP contribution >= 0.6 is 11.6 Å². The number of hydrogen-bond acceptors (Lipinski definition) is 5. The molecule has 55 heavy (non-hydrogen) atoms. The van der Waals surface area contributed by atoms with Crippen molar-refractivity contribution in [1.29, 1.82) is 0 Å². The lowest BCUT2D eigenvalue weighted by Gasteiger charge is -2.78. The maximum absolute atomic E-state index is 13.5. The number of fused-ring (bicyclic) bond motifs is 7. The van der Waals surface area contributed by atoms with Gasteiger partial charge in [0.2, 0.25) is 5.91 Å². The van der Waals surface area contributed by atoms with Crippen molar-refractivity contribution >= 4 is 29.4 Å². The molecule has 4 fully saturated rings. The number of nitrogens with two attached hydrogens (primary N) is 1. The largest absolute Gasteiger partial charge is 0.481 e. The van der Waals surface area contributed by atoms with Gasteiger partial charge in [0.1, 0.15) is 6.10 Å². The van der Waals surface area contributed by atoms with Crippen molar-refractivity contribution in [3.63, 3.8) is 0 Å². The van der Waals surface area contributed by atoms with Gasteiger partial charge in [-0.05, 0) is 148 Å². The highest BCUT2D eigenvalue weighted by atomic mass is 35.5. The Balaban J connectivity index is 1.30. The van der Waals surface area contributed by atoms with Crippen LogP contribution in [0.25, 0.3) is 0 Å². The van der Waals surface area contributed by atoms with Crippen LogP contribution in [0.4, 0.5) is 0 Å². The van der Waals surface area contributed by atoms with Crippen LogP contribution < -0.4 is 11.1 Å². The average molecular weight is 778 g/mol. The summed E-state index contributed by atoms with van der Waals surface area (Å²) in [6.45, 7) is 24.5. The molecule has 5 aliphatic rings. The van der Waals surface area contributed by atoms with E-state index in [0.717, 1.165) is 69.8 Å². The van der Waals surface area contributed by atoms with Gasteiger partial charge in [-0.3, -0.25) is 14.4 Å². The summed E-state index contributed by atoms with van der Waals surface area (Å²) in [7, 11) is 0. The lowest BCUT2D eigenvalue weighted by molar-refractivity contribution is -0.280. The van der Waals surface area contributed by atoms with Gasteiger partial charge in [0.15, 0.2) is 0 Å². The van der Waals surface area contributed by atoms with Gasteiger partial charge in [-0.1, -0.05) is 90.8 Å². The minimum absolute atomic E-state index is 0.00573. The summed E-state index contributed by atoms with van der Waals surface area (Å²) in [6, 6.07) is 7.48. The van der Waals surface area contributed by atoms with Crippen LogP contribution in [0.1, 0.15) is 158 Å². The minimum atomic E-state index is -1.17. The van der Waals surface area contributed by atoms with Gasteiger partial charge < -0.3 is 20.9 Å². The monoisotopic (exact) mass is 776 g/mol. The second-order valence-electron chi connectivity index (χ2n) is 21.0. The minimum Gasteiger partial charge on any atom is -0.481 e. The van der Waals surface area contributed by atoms with E-state index in [1.165, 1.54) is 11.1 Å². The number of ether oxygens (including phenoxy) is 1. The van der Waals surface area contributed by atoms with Crippen LogP contribution in [0.2, 0.25) is 5.02 Å². The summed E-state index contributed by atoms with van der Waals surface area (Å²) in [5.41, 5.74) is 9.60. The molecule has 4 N–H and O–H groups in total. The molecule has 0 heterocycles. The number of carboxylic acid groups (broad SMARTS) is 1. The molecule has 4 saturated carbocycles. The average Bonchev–Trinajstić information content (AvgIpc) is 3.49. The van der Waals surface area contributed by atoms with E-state index in [1.54, 1.807) is 19.9 Å². The number of aliphatic carboxylic acids is 1. The van der Waals surface area contributed by atoms with Gasteiger partial charge in [0.25, 0.3) is 0 Å². The number of halogens is 1. The van der Waals surface area contributed by atoms with Crippen molar-refractivity contribution in [2.24, 2.45) is 55.5 Å². The van der Waals surface area contributed by atoms with Crippen molar-refractivity contribution in [2.75, 3.05) is 0 Å². The Morgan fingerprint density at radius 2 is 1.62 bits per heavy atom. The second-order valence-corrected chi connectivity index (χ2v) is 21.4. The molecule has 1 aromatic carbocycles. The lowest BCUT2D eigenvalue weighted by Crippen LogP contribution is -2.77. The number of nitrogens with one attached hydrogen (secondary N) is 1. The van der Waals surface area contributed by atoms with Crippen molar-refractivity contribution in [1.82, 2.24) is 5.32 Å². The molecule has 7 nitrogen and oxygen atoms in total. The molecular weight excluding hydrogens is 708 g/mol. The van der Waals surface area contributed by atoms with E-state index in [-0.39, 0.29) is 57.0 Å². The smallest absolute Gasteiger partial charge is 0.309 e. The number of carbonyl (C=O) groups is 3. The predicted octanol–water partition coefficient (Wildman–Crippen LogP) is 10.8. The fraction of sp³-hybridized carbons (Fsp3) is 0.723. The number of carboxylic acids is 1. The molecule has 9 atom stereocenters. The maximum Gasteiger partial charge on any atom is 0.309 e. The summed E-state index contributed by atoms with van der Waals surface area (Å²) in [6.07, 6.45) is 13.3. The van der Waals surface area contributed by atoms with E-state index in [4.69, 9.17) is 22.1 Å². The summed E-state index contributed by atoms with van der Waals surface area (Å²) >= 11 is 6.26. The lowest BCUT2D eigenvalue weighted by atomic mass is 9.27. The Morgan fingerprint density at radius 1 is 0.945 bits per heavy atom. The van der Waals surface area contributed by atoms with Gasteiger partial charge in [0, 0.05) is 21.4 Å². The van der Waals surface area contributed by atoms with Crippen LogP contribution in [0, 0.1) is 49.7 Å². The van der Waals surface area contributed by atoms with E-state index in [0.29, 0.717) is 16.9 Å². The van der Waals surface area contributed by atoms with Crippen molar-refractivity contribution in [2.45, 2.75) is 164 Å². The molecule has 1 aromatic rings. The van der Waals surface area contributed by atoms with Crippen LogP contribution in [-0.4, -0.2) is 34.6 Å². The highest BCUT2D eigenvalue weighted by Crippen LogP contribution is 2.81. The van der Waals surface area contributed by atoms with E-state index >= 15 is 0 Å². The highest BCUT2D eigenvalue weighted by molar-refractivity contribution is 6.30. The Kier molecular flexibility index (Phi) is 10.5. The summed E-state index contributed by atoms with van der Waals surface area (Å²) in [5.74, 6) is -0.795. The summed E-state index contributed by atoms with van der Waals surface area (Å²) < 4.78 is 6.21. The number of esters is 1. The molecule has 0 aliphatic heterocycles. The van der Waals surface area contributed by atoms with Crippen LogP contribution in [0.5, 0.6) is 0 Å². The Morgan fingerprint density at radius 3 is 2.25 bits per heavy atom. The third-order valence-corrected chi connectivity index (χ3v) is 17.9. The van der Waals surface area contributed by atoms with Crippen molar-refractivity contribution in [3.05, 3.63) is 58.1 Å². The number of benzene rings is 1. The van der Waals surface area contributed by atoms with Crippen molar-refractivity contribution in [3.8, 4) is 0 Å². The second kappa shape index (κ2) is 13.7. The van der Waals surface area contributed by atoms with Crippen LogP contribution in [0.15, 0.2) is 47.6 Å². The molecule has 0 aromatic heterocycles. The molecular formula is C47H69ClN2O5. The highest BCUT2D eigenvalue weighted by Gasteiger charge is 2.77. The normalized spacial score (nSPS) is 38.8. The fourth-order valence-electron chi connectivity index (χ4n) is 13.7. The fourth-order valence-corrected chi connectivity index (χ4v) is 13.9. The maximum atomic E-state index is 13.5. The first kappa shape index (κ1) is 42.0. The molecule has 0 radical (unpaired) electrons. The number of allylic oxidation sites excluding steroid dienone is 2. The van der Waals surface area contributed by atoms with Crippen LogP contribution in [-0.2, 0) is 19.1 Å². The molecule has 8 heteroatoms. The number of hydrogen-bond donors (Lipinski definition) is 3. The number of rotatable bonds is 9. The molecule has 6 rings (SSSR count). The topological polar surface area (TPSA) is 119 Å². The quantitative estimate of drug-likeness (QED) is 0.131. The van der Waals surface area contributed by atoms with Gasteiger partial charge in [0.05, 0.1) is 17.9 Å². The summed E-state index contributed by atoms with van der Waals surface area (Å²) in [5, 5.41) is 13.5. The van der Waals surface area contributed by atoms with E-state index in [2.05, 4.69) is 66.8 Å². The first-order valence-electron chi connectivity index (χ1n) is 21.1. The molecule has 304 valence electrons.